The lowest BCUT2D eigenvalue weighted by Crippen LogP contribution is -2.33. The number of unbranched alkanes of at least 4 members (excludes halogenated alkanes) is 7. The molecule has 2 unspecified atom stereocenters. The van der Waals surface area contributed by atoms with Crippen LogP contribution < -0.4 is 4.57 Å². The molecule has 1 aromatic heterocycles. The van der Waals surface area contributed by atoms with Crippen molar-refractivity contribution in [2.75, 3.05) is 0 Å². The summed E-state index contributed by atoms with van der Waals surface area (Å²) in [6.07, 6.45) is 18.9. The lowest BCUT2D eigenvalue weighted by atomic mass is 10.1. The number of rotatable bonds is 11. The standard InChI is InChI=1S/C19H32N/c1-2-3-4-5-6-7-8-10-13-18-16-19(18)17-20-14-11-9-12-15-20/h9,11-12,14-15,18-19H,2-8,10,13,16-17H2,1H3/q+1. The SMILES string of the molecule is CCCCCCCCCCC1CC1C[n+]1ccccc1. The fourth-order valence-corrected chi connectivity index (χ4v) is 3.25. The number of hydrogen-bond acceptors (Lipinski definition) is 0. The molecule has 112 valence electrons. The van der Waals surface area contributed by atoms with Crippen molar-refractivity contribution in [3.05, 3.63) is 30.6 Å². The van der Waals surface area contributed by atoms with E-state index in [1.807, 2.05) is 0 Å². The van der Waals surface area contributed by atoms with Crippen molar-refractivity contribution in [3.63, 3.8) is 0 Å². The Morgan fingerprint density at radius 2 is 1.45 bits per heavy atom. The predicted octanol–water partition coefficient (Wildman–Crippen LogP) is 5.14. The lowest BCUT2D eigenvalue weighted by molar-refractivity contribution is -0.700. The molecule has 1 aromatic rings. The van der Waals surface area contributed by atoms with Crippen LogP contribution in [0.5, 0.6) is 0 Å². The molecular formula is C19H32N+. The van der Waals surface area contributed by atoms with Gasteiger partial charge >= 0.3 is 0 Å². The van der Waals surface area contributed by atoms with Gasteiger partial charge in [-0.15, -0.1) is 0 Å². The van der Waals surface area contributed by atoms with Crippen molar-refractivity contribution < 1.29 is 4.57 Å². The minimum absolute atomic E-state index is 0.965. The molecule has 1 nitrogen and oxygen atoms in total. The Kier molecular flexibility index (Phi) is 7.11. The van der Waals surface area contributed by atoms with Crippen LogP contribution in [0.4, 0.5) is 0 Å². The molecule has 1 saturated carbocycles. The predicted molar refractivity (Wildman–Crippen MR) is 85.5 cm³/mol. The van der Waals surface area contributed by atoms with E-state index in [1.54, 1.807) is 0 Å². The largest absolute Gasteiger partial charge is 0.205 e. The van der Waals surface area contributed by atoms with Gasteiger partial charge in [-0.25, -0.2) is 4.57 Å². The molecule has 1 fully saturated rings. The van der Waals surface area contributed by atoms with Crippen molar-refractivity contribution in [1.29, 1.82) is 0 Å². The van der Waals surface area contributed by atoms with Crippen LogP contribution in [0.2, 0.25) is 0 Å². The molecule has 1 heterocycles. The van der Waals surface area contributed by atoms with E-state index in [1.165, 1.54) is 70.8 Å². The molecule has 1 aliphatic carbocycles. The highest BCUT2D eigenvalue weighted by molar-refractivity contribution is 4.86. The summed E-state index contributed by atoms with van der Waals surface area (Å²) in [7, 11) is 0. The zero-order valence-electron chi connectivity index (χ0n) is 13.3. The van der Waals surface area contributed by atoms with Crippen molar-refractivity contribution in [1.82, 2.24) is 0 Å². The molecule has 0 bridgehead atoms. The van der Waals surface area contributed by atoms with E-state index in [0.29, 0.717) is 0 Å². The van der Waals surface area contributed by atoms with E-state index in [2.05, 4.69) is 42.1 Å². The fraction of sp³-hybridized carbons (Fsp3) is 0.737. The maximum atomic E-state index is 2.35. The van der Waals surface area contributed by atoms with E-state index in [4.69, 9.17) is 0 Å². The lowest BCUT2D eigenvalue weighted by Gasteiger charge is -2.01. The van der Waals surface area contributed by atoms with Gasteiger partial charge in [0, 0.05) is 18.1 Å². The van der Waals surface area contributed by atoms with Crippen molar-refractivity contribution in [3.8, 4) is 0 Å². The van der Waals surface area contributed by atoms with Gasteiger partial charge in [0.2, 0.25) is 0 Å². The van der Waals surface area contributed by atoms with E-state index < -0.39 is 0 Å². The topological polar surface area (TPSA) is 3.88 Å². The Morgan fingerprint density at radius 1 is 0.800 bits per heavy atom. The summed E-state index contributed by atoms with van der Waals surface area (Å²) in [5.41, 5.74) is 0. The van der Waals surface area contributed by atoms with E-state index in [0.717, 1.165) is 11.8 Å². The maximum absolute atomic E-state index is 2.35. The molecule has 1 aliphatic rings. The summed E-state index contributed by atoms with van der Waals surface area (Å²) in [5.74, 6) is 2.00. The summed E-state index contributed by atoms with van der Waals surface area (Å²) in [5, 5.41) is 0. The van der Waals surface area contributed by atoms with E-state index >= 15 is 0 Å². The van der Waals surface area contributed by atoms with Gasteiger partial charge in [-0.05, 0) is 18.8 Å². The van der Waals surface area contributed by atoms with Crippen LogP contribution in [-0.2, 0) is 6.54 Å². The highest BCUT2D eigenvalue weighted by Gasteiger charge is 2.38. The summed E-state index contributed by atoms with van der Waals surface area (Å²) in [4.78, 5) is 0. The molecule has 2 atom stereocenters. The zero-order chi connectivity index (χ0) is 14.0. The molecule has 1 heteroatoms. The van der Waals surface area contributed by atoms with Crippen LogP contribution in [0, 0.1) is 11.8 Å². The third-order valence-corrected chi connectivity index (χ3v) is 4.72. The van der Waals surface area contributed by atoms with Gasteiger partial charge in [-0.3, -0.25) is 0 Å². The first-order valence-corrected chi connectivity index (χ1v) is 8.84. The Bertz CT molecular complexity index is 346. The summed E-state index contributed by atoms with van der Waals surface area (Å²) >= 11 is 0. The molecule has 0 saturated heterocycles. The Balaban J connectivity index is 1.43. The van der Waals surface area contributed by atoms with Crippen LogP contribution in [0.25, 0.3) is 0 Å². The van der Waals surface area contributed by atoms with Gasteiger partial charge in [-0.1, -0.05) is 64.4 Å². The van der Waals surface area contributed by atoms with Crippen LogP contribution in [-0.4, -0.2) is 0 Å². The highest BCUT2D eigenvalue weighted by atomic mass is 14.9. The first kappa shape index (κ1) is 15.5. The number of aromatic nitrogens is 1. The molecule has 0 radical (unpaired) electrons. The number of nitrogens with zero attached hydrogens (tertiary/aromatic N) is 1. The Morgan fingerprint density at radius 3 is 2.15 bits per heavy atom. The number of hydrogen-bond donors (Lipinski definition) is 0. The van der Waals surface area contributed by atoms with Crippen molar-refractivity contribution in [2.45, 2.75) is 77.7 Å². The van der Waals surface area contributed by atoms with Crippen molar-refractivity contribution >= 4 is 0 Å². The van der Waals surface area contributed by atoms with Gasteiger partial charge in [0.15, 0.2) is 18.9 Å². The average molecular weight is 274 g/mol. The Labute approximate surface area is 125 Å². The van der Waals surface area contributed by atoms with Crippen LogP contribution >= 0.6 is 0 Å². The third-order valence-electron chi connectivity index (χ3n) is 4.72. The van der Waals surface area contributed by atoms with Gasteiger partial charge in [0.05, 0.1) is 0 Å². The summed E-state index contributed by atoms with van der Waals surface area (Å²) in [6.45, 7) is 3.53. The normalized spacial score (nSPS) is 21.1. The second kappa shape index (κ2) is 9.15. The minimum Gasteiger partial charge on any atom is -0.205 e. The second-order valence-corrected chi connectivity index (χ2v) is 6.59. The van der Waals surface area contributed by atoms with Crippen LogP contribution in [0.1, 0.15) is 71.1 Å². The quantitative estimate of drug-likeness (QED) is 0.388. The Hall–Kier alpha value is -0.850. The van der Waals surface area contributed by atoms with Gasteiger partial charge in [0.1, 0.15) is 0 Å². The molecule has 2 rings (SSSR count). The first-order chi connectivity index (χ1) is 9.90. The molecular weight excluding hydrogens is 242 g/mol. The smallest absolute Gasteiger partial charge is 0.168 e. The summed E-state index contributed by atoms with van der Waals surface area (Å²) < 4.78 is 2.35. The molecule has 0 aliphatic heterocycles. The molecule has 0 N–H and O–H groups in total. The van der Waals surface area contributed by atoms with E-state index in [9.17, 15) is 0 Å². The molecule has 20 heavy (non-hydrogen) atoms. The van der Waals surface area contributed by atoms with Gasteiger partial charge in [0.25, 0.3) is 0 Å². The maximum Gasteiger partial charge on any atom is 0.168 e. The minimum atomic E-state index is 0.965. The highest BCUT2D eigenvalue weighted by Crippen LogP contribution is 2.42. The van der Waals surface area contributed by atoms with Crippen molar-refractivity contribution in [2.24, 2.45) is 11.8 Å². The van der Waals surface area contributed by atoms with Gasteiger partial charge < -0.3 is 0 Å². The molecule has 0 aromatic carbocycles. The molecule has 0 amide bonds. The monoisotopic (exact) mass is 274 g/mol. The number of pyridine rings is 1. The zero-order valence-corrected chi connectivity index (χ0v) is 13.3. The van der Waals surface area contributed by atoms with Crippen LogP contribution in [0.3, 0.4) is 0 Å². The molecule has 0 spiro atoms. The van der Waals surface area contributed by atoms with Crippen LogP contribution in [0.15, 0.2) is 30.6 Å². The fourth-order valence-electron chi connectivity index (χ4n) is 3.25. The summed E-state index contributed by atoms with van der Waals surface area (Å²) in [6, 6.07) is 6.37. The third kappa shape index (κ3) is 6.07. The second-order valence-electron chi connectivity index (χ2n) is 6.59. The first-order valence-electron chi connectivity index (χ1n) is 8.84. The van der Waals surface area contributed by atoms with Gasteiger partial charge in [-0.2, -0.15) is 0 Å². The average Bonchev–Trinajstić information content (AvgIpc) is 3.21. The van der Waals surface area contributed by atoms with E-state index in [-0.39, 0.29) is 0 Å².